The zero-order valence-corrected chi connectivity index (χ0v) is 17.8. The highest BCUT2D eigenvalue weighted by Gasteiger charge is 2.41. The van der Waals surface area contributed by atoms with Gasteiger partial charge in [-0.2, -0.15) is 0 Å². The van der Waals surface area contributed by atoms with Gasteiger partial charge in [0.15, 0.2) is 0 Å². The van der Waals surface area contributed by atoms with Gasteiger partial charge in [0.2, 0.25) is 5.91 Å². The number of carbonyl (C=O) groups excluding carboxylic acids is 1. The molecule has 2 saturated carbocycles. The number of carbonyl (C=O) groups is 1. The summed E-state index contributed by atoms with van der Waals surface area (Å²) in [7, 11) is 0. The van der Waals surface area contributed by atoms with Crippen molar-refractivity contribution in [2.24, 2.45) is 17.6 Å². The van der Waals surface area contributed by atoms with Crippen molar-refractivity contribution in [3.8, 4) is 0 Å². The van der Waals surface area contributed by atoms with E-state index < -0.39 is 0 Å². The monoisotopic (exact) mass is 431 g/mol. The van der Waals surface area contributed by atoms with Crippen LogP contribution in [0.2, 0.25) is 0 Å². The zero-order valence-electron chi connectivity index (χ0n) is 16.2. The maximum absolute atomic E-state index is 13.1. The van der Waals surface area contributed by atoms with E-state index in [2.05, 4.69) is 10.2 Å². The molecule has 0 spiro atoms. The quantitative estimate of drug-likeness (QED) is 0.764. The second-order valence-corrected chi connectivity index (χ2v) is 8.47. The molecule has 2 aliphatic carbocycles. The maximum atomic E-state index is 13.1. The third-order valence-electron chi connectivity index (χ3n) is 6.65. The predicted molar refractivity (Wildman–Crippen MR) is 114 cm³/mol. The summed E-state index contributed by atoms with van der Waals surface area (Å²) in [6.45, 7) is 1.64. The van der Waals surface area contributed by atoms with E-state index in [-0.39, 0.29) is 42.6 Å². The average Bonchev–Trinajstić information content (AvgIpc) is 3.06. The minimum atomic E-state index is -0.216. The minimum absolute atomic E-state index is 0. The number of nitrogens with two attached hydrogens (primary N) is 1. The van der Waals surface area contributed by atoms with Crippen molar-refractivity contribution in [2.45, 2.75) is 69.6 Å². The number of halogens is 3. The molecule has 0 aromatic heterocycles. The van der Waals surface area contributed by atoms with Gasteiger partial charge in [-0.25, -0.2) is 4.39 Å². The van der Waals surface area contributed by atoms with Crippen LogP contribution in [0.15, 0.2) is 24.3 Å². The summed E-state index contributed by atoms with van der Waals surface area (Å²) in [5.41, 5.74) is 7.27. The lowest BCUT2D eigenvalue weighted by Crippen LogP contribution is -2.56. The largest absolute Gasteiger partial charge is 0.351 e. The van der Waals surface area contributed by atoms with Crippen molar-refractivity contribution in [3.05, 3.63) is 35.6 Å². The fraction of sp³-hybridized carbons (Fsp3) is 0.667. The third kappa shape index (κ3) is 5.18. The summed E-state index contributed by atoms with van der Waals surface area (Å²) in [5, 5.41) is 3.41. The molecule has 158 valence electrons. The van der Waals surface area contributed by atoms with Gasteiger partial charge in [0, 0.05) is 18.6 Å². The first-order chi connectivity index (χ1) is 12.6. The van der Waals surface area contributed by atoms with Crippen LogP contribution in [-0.4, -0.2) is 35.5 Å². The SMILES string of the molecule is Cl.Cl.NC1CC2CCCC(C1)C2NC(=O)C1CCCN1Cc1ccc(F)cc1. The Morgan fingerprint density at radius 1 is 1.07 bits per heavy atom. The van der Waals surface area contributed by atoms with Crippen LogP contribution in [0.4, 0.5) is 4.39 Å². The van der Waals surface area contributed by atoms with Crippen LogP contribution in [0.5, 0.6) is 0 Å². The summed E-state index contributed by atoms with van der Waals surface area (Å²) in [6, 6.07) is 7.17. The second-order valence-electron chi connectivity index (χ2n) is 8.47. The van der Waals surface area contributed by atoms with Gasteiger partial charge in [-0.3, -0.25) is 9.69 Å². The molecular formula is C21H32Cl2FN3O. The number of benzene rings is 1. The number of likely N-dealkylation sites (tertiary alicyclic amines) is 1. The van der Waals surface area contributed by atoms with Crippen molar-refractivity contribution >= 4 is 30.7 Å². The highest BCUT2D eigenvalue weighted by molar-refractivity contribution is 5.85. The van der Waals surface area contributed by atoms with Crippen molar-refractivity contribution in [3.63, 3.8) is 0 Å². The summed E-state index contributed by atoms with van der Waals surface area (Å²) in [5.74, 6) is 1.07. The fourth-order valence-electron chi connectivity index (χ4n) is 5.42. The summed E-state index contributed by atoms with van der Waals surface area (Å²) in [4.78, 5) is 15.3. The van der Waals surface area contributed by atoms with E-state index in [1.807, 2.05) is 12.1 Å². The topological polar surface area (TPSA) is 58.4 Å². The summed E-state index contributed by atoms with van der Waals surface area (Å²) in [6.07, 6.45) is 7.71. The standard InChI is InChI=1S/C21H30FN3O.2ClH/c22-17-8-6-14(7-9-17)13-25-10-2-5-19(25)21(26)24-20-15-3-1-4-16(20)12-18(23)11-15;;/h6-9,15-16,18-20H,1-5,10-13,23H2,(H,24,26);2*1H. The van der Waals surface area contributed by atoms with Crippen LogP contribution >= 0.6 is 24.8 Å². The highest BCUT2D eigenvalue weighted by Crippen LogP contribution is 2.39. The number of hydrogen-bond donors (Lipinski definition) is 2. The number of amides is 1. The highest BCUT2D eigenvalue weighted by atomic mass is 35.5. The van der Waals surface area contributed by atoms with E-state index in [1.54, 1.807) is 0 Å². The Hall–Kier alpha value is -0.880. The molecule has 2 bridgehead atoms. The third-order valence-corrected chi connectivity index (χ3v) is 6.65. The van der Waals surface area contributed by atoms with Crippen LogP contribution in [-0.2, 0) is 11.3 Å². The number of fused-ring (bicyclic) bond motifs is 2. The first kappa shape index (κ1) is 23.4. The number of nitrogens with one attached hydrogen (secondary N) is 1. The molecule has 1 amide bonds. The van der Waals surface area contributed by atoms with Gasteiger partial charge in [0.05, 0.1) is 6.04 Å². The average molecular weight is 432 g/mol. The van der Waals surface area contributed by atoms with Crippen molar-refractivity contribution < 1.29 is 9.18 Å². The van der Waals surface area contributed by atoms with Crippen molar-refractivity contribution in [1.29, 1.82) is 0 Å². The molecule has 1 aliphatic heterocycles. The Kier molecular flexibility index (Phi) is 8.56. The normalized spacial score (nSPS) is 32.1. The van der Waals surface area contributed by atoms with Crippen LogP contribution < -0.4 is 11.1 Å². The lowest BCUT2D eigenvalue weighted by atomic mass is 9.67. The van der Waals surface area contributed by atoms with Gasteiger partial charge in [-0.1, -0.05) is 18.6 Å². The van der Waals surface area contributed by atoms with Gasteiger partial charge >= 0.3 is 0 Å². The van der Waals surface area contributed by atoms with Gasteiger partial charge in [-0.05, 0) is 74.6 Å². The molecule has 7 heteroatoms. The fourth-order valence-corrected chi connectivity index (χ4v) is 5.42. The Bertz CT molecular complexity index is 631. The molecule has 28 heavy (non-hydrogen) atoms. The second kappa shape index (κ2) is 10.2. The first-order valence-electron chi connectivity index (χ1n) is 10.1. The molecule has 3 N–H and O–H groups in total. The molecule has 3 fully saturated rings. The first-order valence-corrected chi connectivity index (χ1v) is 10.1. The van der Waals surface area contributed by atoms with Crippen LogP contribution in [0.1, 0.15) is 50.5 Å². The van der Waals surface area contributed by atoms with E-state index in [9.17, 15) is 9.18 Å². The lowest BCUT2D eigenvalue weighted by Gasteiger charge is -2.45. The lowest BCUT2D eigenvalue weighted by molar-refractivity contribution is -0.128. The minimum Gasteiger partial charge on any atom is -0.351 e. The summed E-state index contributed by atoms with van der Waals surface area (Å²) < 4.78 is 13.1. The van der Waals surface area contributed by atoms with Crippen molar-refractivity contribution in [1.82, 2.24) is 10.2 Å². The van der Waals surface area contributed by atoms with E-state index >= 15 is 0 Å². The van der Waals surface area contributed by atoms with E-state index in [1.165, 1.54) is 31.4 Å². The summed E-state index contributed by atoms with van der Waals surface area (Å²) >= 11 is 0. The Balaban J connectivity index is 0.00000140. The van der Waals surface area contributed by atoms with E-state index in [0.717, 1.165) is 37.8 Å². The smallest absolute Gasteiger partial charge is 0.237 e. The molecule has 3 unspecified atom stereocenters. The molecule has 0 radical (unpaired) electrons. The maximum Gasteiger partial charge on any atom is 0.237 e. The van der Waals surface area contributed by atoms with Crippen LogP contribution in [0.25, 0.3) is 0 Å². The van der Waals surface area contributed by atoms with Crippen LogP contribution in [0, 0.1) is 17.7 Å². The molecule has 1 aromatic carbocycles. The molecule has 3 atom stereocenters. The van der Waals surface area contributed by atoms with E-state index in [4.69, 9.17) is 5.73 Å². The predicted octanol–water partition coefficient (Wildman–Crippen LogP) is 3.66. The molecule has 4 rings (SSSR count). The number of nitrogens with zero attached hydrogens (tertiary/aromatic N) is 1. The Labute approximate surface area is 179 Å². The number of hydrogen-bond acceptors (Lipinski definition) is 3. The molecule has 4 nitrogen and oxygen atoms in total. The molecule has 1 saturated heterocycles. The molecule has 3 aliphatic rings. The van der Waals surface area contributed by atoms with Crippen LogP contribution in [0.3, 0.4) is 0 Å². The van der Waals surface area contributed by atoms with Gasteiger partial charge < -0.3 is 11.1 Å². The molecule has 1 heterocycles. The molecular weight excluding hydrogens is 400 g/mol. The van der Waals surface area contributed by atoms with Gasteiger partial charge in [-0.15, -0.1) is 24.8 Å². The zero-order chi connectivity index (χ0) is 18.1. The Morgan fingerprint density at radius 3 is 2.36 bits per heavy atom. The van der Waals surface area contributed by atoms with Crippen molar-refractivity contribution in [2.75, 3.05) is 6.54 Å². The van der Waals surface area contributed by atoms with Gasteiger partial charge in [0.25, 0.3) is 0 Å². The molecule has 1 aromatic rings. The Morgan fingerprint density at radius 2 is 1.71 bits per heavy atom. The van der Waals surface area contributed by atoms with Gasteiger partial charge in [0.1, 0.15) is 5.82 Å². The number of rotatable bonds is 4. The van der Waals surface area contributed by atoms with E-state index in [0.29, 0.717) is 30.5 Å².